The first-order valence-electron chi connectivity index (χ1n) is 3.97. The molecule has 1 fully saturated rings. The van der Waals surface area contributed by atoms with E-state index in [1.807, 2.05) is 0 Å². The van der Waals surface area contributed by atoms with Crippen molar-refractivity contribution >= 4 is 21.9 Å². The van der Waals surface area contributed by atoms with E-state index in [0.717, 1.165) is 11.8 Å². The van der Waals surface area contributed by atoms with E-state index in [9.17, 15) is 4.79 Å². The van der Waals surface area contributed by atoms with E-state index >= 15 is 0 Å². The van der Waals surface area contributed by atoms with Crippen LogP contribution < -0.4 is 0 Å². The van der Waals surface area contributed by atoms with Crippen LogP contribution in [0.5, 0.6) is 0 Å². The van der Waals surface area contributed by atoms with Gasteiger partial charge in [-0.3, -0.25) is 4.79 Å². The van der Waals surface area contributed by atoms with Crippen LogP contribution in [0.3, 0.4) is 0 Å². The Morgan fingerprint density at radius 2 is 2.45 bits per heavy atom. The predicted octanol–water partition coefficient (Wildman–Crippen LogP) is 2.11. The van der Waals surface area contributed by atoms with Gasteiger partial charge in [-0.05, 0) is 25.2 Å². The molecule has 0 N–H and O–H groups in total. The number of halogens is 1. The van der Waals surface area contributed by atoms with Crippen molar-refractivity contribution in [1.82, 2.24) is 0 Å². The van der Waals surface area contributed by atoms with Gasteiger partial charge in [0.05, 0.1) is 0 Å². The Bertz CT molecular complexity index is 147. The Morgan fingerprint density at radius 1 is 1.73 bits per heavy atom. The number of hydrogen-bond donors (Lipinski definition) is 0. The standard InChI is InChI=1S/C8H13BrO2/c1-6(10)11-8-5-7(8)3-2-4-9/h7-8H,2-5H2,1H3. The molecule has 0 amide bonds. The lowest BCUT2D eigenvalue weighted by molar-refractivity contribution is -0.142. The molecule has 0 bridgehead atoms. The van der Waals surface area contributed by atoms with Gasteiger partial charge >= 0.3 is 5.97 Å². The van der Waals surface area contributed by atoms with Gasteiger partial charge in [-0.25, -0.2) is 0 Å². The summed E-state index contributed by atoms with van der Waals surface area (Å²) < 4.78 is 5.02. The second-order valence-electron chi connectivity index (χ2n) is 2.97. The summed E-state index contributed by atoms with van der Waals surface area (Å²) in [4.78, 5) is 10.5. The van der Waals surface area contributed by atoms with Gasteiger partial charge in [-0.2, -0.15) is 0 Å². The van der Waals surface area contributed by atoms with E-state index in [4.69, 9.17) is 4.74 Å². The summed E-state index contributed by atoms with van der Waals surface area (Å²) in [7, 11) is 0. The second-order valence-corrected chi connectivity index (χ2v) is 3.77. The molecule has 0 aromatic rings. The van der Waals surface area contributed by atoms with Gasteiger partial charge in [-0.15, -0.1) is 0 Å². The summed E-state index contributed by atoms with van der Waals surface area (Å²) in [5, 5.41) is 1.05. The quantitative estimate of drug-likeness (QED) is 0.536. The van der Waals surface area contributed by atoms with Gasteiger partial charge in [0.25, 0.3) is 0 Å². The summed E-state index contributed by atoms with van der Waals surface area (Å²) in [6.45, 7) is 1.47. The third kappa shape index (κ3) is 3.23. The number of carbonyl (C=O) groups is 1. The largest absolute Gasteiger partial charge is 0.462 e. The third-order valence-electron chi connectivity index (χ3n) is 1.88. The van der Waals surface area contributed by atoms with E-state index < -0.39 is 0 Å². The van der Waals surface area contributed by atoms with Crippen molar-refractivity contribution in [3.05, 3.63) is 0 Å². The summed E-state index contributed by atoms with van der Waals surface area (Å²) in [5.41, 5.74) is 0. The van der Waals surface area contributed by atoms with Crippen molar-refractivity contribution in [3.63, 3.8) is 0 Å². The van der Waals surface area contributed by atoms with Crippen molar-refractivity contribution in [2.45, 2.75) is 32.3 Å². The van der Waals surface area contributed by atoms with Crippen LogP contribution in [0.15, 0.2) is 0 Å². The smallest absolute Gasteiger partial charge is 0.302 e. The molecule has 0 aromatic heterocycles. The molecule has 64 valence electrons. The fraction of sp³-hybridized carbons (Fsp3) is 0.875. The van der Waals surface area contributed by atoms with E-state index in [0.29, 0.717) is 5.92 Å². The average molecular weight is 221 g/mol. The number of carbonyl (C=O) groups excluding carboxylic acids is 1. The second kappa shape index (κ2) is 4.10. The Labute approximate surface area is 75.4 Å². The molecule has 2 unspecified atom stereocenters. The normalized spacial score (nSPS) is 28.2. The molecule has 0 spiro atoms. The van der Waals surface area contributed by atoms with Gasteiger partial charge in [-0.1, -0.05) is 15.9 Å². The third-order valence-corrected chi connectivity index (χ3v) is 2.44. The zero-order chi connectivity index (χ0) is 8.27. The molecule has 1 saturated carbocycles. The summed E-state index contributed by atoms with van der Waals surface area (Å²) in [5.74, 6) is 0.507. The fourth-order valence-corrected chi connectivity index (χ4v) is 1.54. The first-order chi connectivity index (χ1) is 5.24. The molecule has 1 aliphatic carbocycles. The maximum Gasteiger partial charge on any atom is 0.302 e. The molecule has 0 aromatic carbocycles. The zero-order valence-electron chi connectivity index (χ0n) is 6.68. The van der Waals surface area contributed by atoms with E-state index in [1.54, 1.807) is 0 Å². The minimum absolute atomic E-state index is 0.142. The van der Waals surface area contributed by atoms with Crippen LogP contribution in [0.4, 0.5) is 0 Å². The molecule has 2 atom stereocenters. The lowest BCUT2D eigenvalue weighted by atomic mass is 10.2. The van der Waals surface area contributed by atoms with Gasteiger partial charge in [0, 0.05) is 12.3 Å². The number of rotatable bonds is 4. The zero-order valence-corrected chi connectivity index (χ0v) is 8.26. The molecule has 1 rings (SSSR count). The predicted molar refractivity (Wildman–Crippen MR) is 46.7 cm³/mol. The number of ether oxygens (including phenoxy) is 1. The molecule has 0 heterocycles. The Morgan fingerprint density at radius 3 is 3.00 bits per heavy atom. The summed E-state index contributed by atoms with van der Waals surface area (Å²) in [6.07, 6.45) is 3.68. The van der Waals surface area contributed by atoms with Gasteiger partial charge < -0.3 is 4.74 Å². The lowest BCUT2D eigenvalue weighted by Crippen LogP contribution is -2.02. The molecule has 0 saturated heterocycles. The SMILES string of the molecule is CC(=O)OC1CC1CCCBr. The topological polar surface area (TPSA) is 26.3 Å². The Kier molecular flexibility index (Phi) is 3.37. The monoisotopic (exact) mass is 220 g/mol. The fourth-order valence-electron chi connectivity index (χ4n) is 1.22. The lowest BCUT2D eigenvalue weighted by Gasteiger charge is -1.98. The molecule has 0 aliphatic heterocycles. The number of hydrogen-bond acceptors (Lipinski definition) is 2. The highest BCUT2D eigenvalue weighted by Crippen LogP contribution is 2.37. The number of esters is 1. The highest BCUT2D eigenvalue weighted by Gasteiger charge is 2.39. The molecule has 11 heavy (non-hydrogen) atoms. The van der Waals surface area contributed by atoms with Crippen LogP contribution in [-0.4, -0.2) is 17.4 Å². The molecular weight excluding hydrogens is 208 g/mol. The Hall–Kier alpha value is -0.0500. The highest BCUT2D eigenvalue weighted by molar-refractivity contribution is 9.09. The van der Waals surface area contributed by atoms with E-state index in [-0.39, 0.29) is 12.1 Å². The van der Waals surface area contributed by atoms with E-state index in [1.165, 1.54) is 19.8 Å². The van der Waals surface area contributed by atoms with Crippen LogP contribution in [0, 0.1) is 5.92 Å². The first-order valence-corrected chi connectivity index (χ1v) is 5.09. The molecule has 1 aliphatic rings. The molecule has 0 radical (unpaired) electrons. The Balaban J connectivity index is 2.02. The highest BCUT2D eigenvalue weighted by atomic mass is 79.9. The molecule has 2 nitrogen and oxygen atoms in total. The summed E-state index contributed by atoms with van der Waals surface area (Å²) >= 11 is 3.37. The van der Waals surface area contributed by atoms with Crippen LogP contribution in [0.25, 0.3) is 0 Å². The minimum Gasteiger partial charge on any atom is -0.462 e. The van der Waals surface area contributed by atoms with Crippen LogP contribution in [0.2, 0.25) is 0 Å². The van der Waals surface area contributed by atoms with Crippen LogP contribution >= 0.6 is 15.9 Å². The van der Waals surface area contributed by atoms with Gasteiger partial charge in [0.1, 0.15) is 6.10 Å². The van der Waals surface area contributed by atoms with Crippen molar-refractivity contribution in [1.29, 1.82) is 0 Å². The molecular formula is C8H13BrO2. The summed E-state index contributed by atoms with van der Waals surface area (Å²) in [6, 6.07) is 0. The van der Waals surface area contributed by atoms with E-state index in [2.05, 4.69) is 15.9 Å². The molecule has 3 heteroatoms. The van der Waals surface area contributed by atoms with Crippen molar-refractivity contribution in [2.75, 3.05) is 5.33 Å². The van der Waals surface area contributed by atoms with Gasteiger partial charge in [0.15, 0.2) is 0 Å². The minimum atomic E-state index is -0.142. The number of alkyl halides is 1. The van der Waals surface area contributed by atoms with Crippen molar-refractivity contribution in [3.8, 4) is 0 Å². The van der Waals surface area contributed by atoms with Crippen LogP contribution in [-0.2, 0) is 9.53 Å². The first kappa shape index (κ1) is 9.04. The maximum atomic E-state index is 10.5. The van der Waals surface area contributed by atoms with Crippen LogP contribution in [0.1, 0.15) is 26.2 Å². The maximum absolute atomic E-state index is 10.5. The van der Waals surface area contributed by atoms with Gasteiger partial charge in [0.2, 0.25) is 0 Å². The van der Waals surface area contributed by atoms with Crippen molar-refractivity contribution < 1.29 is 9.53 Å². The average Bonchev–Trinajstić information content (AvgIpc) is 2.62. The van der Waals surface area contributed by atoms with Crippen molar-refractivity contribution in [2.24, 2.45) is 5.92 Å².